The third-order valence-electron chi connectivity index (χ3n) is 2.91. The first-order chi connectivity index (χ1) is 8.49. The van der Waals surface area contributed by atoms with Crippen LogP contribution in [0.1, 0.15) is 5.56 Å². The highest BCUT2D eigenvalue weighted by Crippen LogP contribution is 2.24. The van der Waals surface area contributed by atoms with Crippen LogP contribution in [-0.4, -0.2) is 36.1 Å². The molecule has 0 saturated carbocycles. The highest BCUT2D eigenvalue weighted by atomic mass is 35.5. The van der Waals surface area contributed by atoms with E-state index in [-0.39, 0.29) is 19.0 Å². The molecule has 1 aliphatic heterocycles. The zero-order valence-corrected chi connectivity index (χ0v) is 10.6. The molecule has 5 nitrogen and oxygen atoms in total. The lowest BCUT2D eigenvalue weighted by Crippen LogP contribution is -2.57. The summed E-state index contributed by atoms with van der Waals surface area (Å²) >= 11 is 5.86. The van der Waals surface area contributed by atoms with Crippen molar-refractivity contribution < 1.29 is 14.7 Å². The van der Waals surface area contributed by atoms with Gasteiger partial charge in [-0.1, -0.05) is 11.6 Å². The minimum atomic E-state index is -0.959. The number of amides is 1. The van der Waals surface area contributed by atoms with Crippen molar-refractivity contribution in [3.63, 3.8) is 0 Å². The Kier molecular flexibility index (Phi) is 3.54. The SMILES string of the molecule is Cc1cc(Cl)ccc1N1CC(C(=O)O)NCC1=O. The number of carbonyl (C=O) groups is 2. The summed E-state index contributed by atoms with van der Waals surface area (Å²) in [5, 5.41) is 12.3. The number of rotatable bonds is 2. The van der Waals surface area contributed by atoms with Gasteiger partial charge in [0, 0.05) is 10.7 Å². The normalized spacial score (nSPS) is 20.0. The number of halogens is 1. The molecule has 1 unspecified atom stereocenters. The molecule has 0 radical (unpaired) electrons. The van der Waals surface area contributed by atoms with E-state index in [4.69, 9.17) is 16.7 Å². The number of carboxylic acid groups (broad SMARTS) is 1. The summed E-state index contributed by atoms with van der Waals surface area (Å²) in [5.74, 6) is -1.10. The van der Waals surface area contributed by atoms with Crippen molar-refractivity contribution in [2.24, 2.45) is 0 Å². The molecule has 1 aliphatic rings. The number of aryl methyl sites for hydroxylation is 1. The standard InChI is InChI=1S/C12H13ClN2O3/c1-7-4-8(13)2-3-10(7)15-6-9(12(17)18)14-5-11(15)16/h2-4,9,14H,5-6H2,1H3,(H,17,18). The van der Waals surface area contributed by atoms with Crippen molar-refractivity contribution in [2.45, 2.75) is 13.0 Å². The molecule has 1 aromatic rings. The number of carboxylic acids is 1. The third-order valence-corrected chi connectivity index (χ3v) is 3.15. The number of nitrogens with one attached hydrogen (secondary N) is 1. The summed E-state index contributed by atoms with van der Waals surface area (Å²) in [4.78, 5) is 24.3. The summed E-state index contributed by atoms with van der Waals surface area (Å²) in [6.07, 6.45) is 0. The van der Waals surface area contributed by atoms with Crippen LogP contribution >= 0.6 is 11.6 Å². The molecule has 0 bridgehead atoms. The monoisotopic (exact) mass is 268 g/mol. The van der Waals surface area contributed by atoms with E-state index in [2.05, 4.69) is 5.32 Å². The lowest BCUT2D eigenvalue weighted by atomic mass is 10.1. The molecule has 2 N–H and O–H groups in total. The van der Waals surface area contributed by atoms with Crippen LogP contribution in [0.15, 0.2) is 18.2 Å². The van der Waals surface area contributed by atoms with Gasteiger partial charge >= 0.3 is 5.97 Å². The summed E-state index contributed by atoms with van der Waals surface area (Å²) in [6.45, 7) is 1.99. The predicted molar refractivity (Wildman–Crippen MR) is 68.0 cm³/mol. The first-order valence-electron chi connectivity index (χ1n) is 5.52. The van der Waals surface area contributed by atoms with Crippen molar-refractivity contribution in [2.75, 3.05) is 18.0 Å². The van der Waals surface area contributed by atoms with E-state index < -0.39 is 12.0 Å². The Morgan fingerprint density at radius 1 is 1.56 bits per heavy atom. The molecular formula is C12H13ClN2O3. The summed E-state index contributed by atoms with van der Waals surface area (Å²) in [5.41, 5.74) is 1.55. The van der Waals surface area contributed by atoms with Gasteiger partial charge in [-0.25, -0.2) is 0 Å². The molecule has 1 amide bonds. The number of hydrogen-bond acceptors (Lipinski definition) is 3. The summed E-state index contributed by atoms with van der Waals surface area (Å²) < 4.78 is 0. The first kappa shape index (κ1) is 12.9. The molecule has 1 atom stereocenters. The summed E-state index contributed by atoms with van der Waals surface area (Å²) in [6, 6.07) is 4.44. The second-order valence-electron chi connectivity index (χ2n) is 4.21. The van der Waals surface area contributed by atoms with Crippen LogP contribution in [0.2, 0.25) is 5.02 Å². The van der Waals surface area contributed by atoms with Gasteiger partial charge in [0.05, 0.1) is 13.1 Å². The Bertz CT molecular complexity index is 504. The molecule has 1 fully saturated rings. The average molecular weight is 269 g/mol. The van der Waals surface area contributed by atoms with Crippen LogP contribution < -0.4 is 10.2 Å². The van der Waals surface area contributed by atoms with Gasteiger partial charge in [0.15, 0.2) is 0 Å². The van der Waals surface area contributed by atoms with Crippen LogP contribution in [0.5, 0.6) is 0 Å². The molecule has 18 heavy (non-hydrogen) atoms. The smallest absolute Gasteiger partial charge is 0.322 e. The number of aliphatic carboxylic acids is 1. The first-order valence-corrected chi connectivity index (χ1v) is 5.89. The van der Waals surface area contributed by atoms with Gasteiger partial charge in [-0.05, 0) is 30.7 Å². The highest BCUT2D eigenvalue weighted by molar-refractivity contribution is 6.30. The Morgan fingerprint density at radius 3 is 2.89 bits per heavy atom. The van der Waals surface area contributed by atoms with E-state index in [9.17, 15) is 9.59 Å². The van der Waals surface area contributed by atoms with Crippen LogP contribution in [0.4, 0.5) is 5.69 Å². The lowest BCUT2D eigenvalue weighted by Gasteiger charge is -2.32. The van der Waals surface area contributed by atoms with Crippen LogP contribution in [0.3, 0.4) is 0 Å². The van der Waals surface area contributed by atoms with Gasteiger partial charge < -0.3 is 10.0 Å². The van der Waals surface area contributed by atoms with Crippen LogP contribution in [0.25, 0.3) is 0 Å². The van der Waals surface area contributed by atoms with Gasteiger partial charge in [-0.2, -0.15) is 0 Å². The molecule has 0 spiro atoms. The van der Waals surface area contributed by atoms with Gasteiger partial charge in [0.25, 0.3) is 0 Å². The minimum Gasteiger partial charge on any atom is -0.480 e. The van der Waals surface area contributed by atoms with Crippen molar-refractivity contribution in [3.05, 3.63) is 28.8 Å². The van der Waals surface area contributed by atoms with Gasteiger partial charge in [0.1, 0.15) is 6.04 Å². The van der Waals surface area contributed by atoms with Crippen LogP contribution in [0, 0.1) is 6.92 Å². The van der Waals surface area contributed by atoms with E-state index >= 15 is 0 Å². The second-order valence-corrected chi connectivity index (χ2v) is 4.64. The number of piperazine rings is 1. The molecule has 2 rings (SSSR count). The molecular weight excluding hydrogens is 256 g/mol. The van der Waals surface area contributed by atoms with Gasteiger partial charge in [-0.15, -0.1) is 0 Å². The number of carbonyl (C=O) groups excluding carboxylic acids is 1. The Labute approximate surface area is 109 Å². The fraction of sp³-hybridized carbons (Fsp3) is 0.333. The number of anilines is 1. The Hall–Kier alpha value is -1.59. The lowest BCUT2D eigenvalue weighted by molar-refractivity contribution is -0.139. The highest BCUT2D eigenvalue weighted by Gasteiger charge is 2.30. The predicted octanol–water partition coefficient (Wildman–Crippen LogP) is 1.04. The topological polar surface area (TPSA) is 69.6 Å². The Morgan fingerprint density at radius 2 is 2.28 bits per heavy atom. The number of hydrogen-bond donors (Lipinski definition) is 2. The van der Waals surface area contributed by atoms with Gasteiger partial charge in [0.2, 0.25) is 5.91 Å². The molecule has 0 aromatic heterocycles. The average Bonchev–Trinajstić information content (AvgIpc) is 2.30. The fourth-order valence-corrected chi connectivity index (χ4v) is 2.20. The quantitative estimate of drug-likeness (QED) is 0.841. The zero-order chi connectivity index (χ0) is 13.3. The van der Waals surface area contributed by atoms with Crippen molar-refractivity contribution >= 4 is 29.2 Å². The van der Waals surface area contributed by atoms with Crippen molar-refractivity contribution in [1.82, 2.24) is 5.32 Å². The van der Waals surface area contributed by atoms with E-state index in [1.54, 1.807) is 18.2 Å². The molecule has 1 heterocycles. The minimum absolute atomic E-state index is 0.0268. The van der Waals surface area contributed by atoms with E-state index in [1.807, 2.05) is 6.92 Å². The third kappa shape index (κ3) is 2.47. The molecule has 1 saturated heterocycles. The molecule has 0 aliphatic carbocycles. The fourth-order valence-electron chi connectivity index (χ4n) is 1.97. The second kappa shape index (κ2) is 4.96. The van der Waals surface area contributed by atoms with Crippen LogP contribution in [-0.2, 0) is 9.59 Å². The summed E-state index contributed by atoms with van der Waals surface area (Å²) in [7, 11) is 0. The van der Waals surface area contributed by atoms with Crippen molar-refractivity contribution in [1.29, 1.82) is 0 Å². The van der Waals surface area contributed by atoms with E-state index in [0.717, 1.165) is 5.56 Å². The largest absolute Gasteiger partial charge is 0.480 e. The molecule has 6 heteroatoms. The number of benzene rings is 1. The van der Waals surface area contributed by atoms with Crippen molar-refractivity contribution in [3.8, 4) is 0 Å². The maximum atomic E-state index is 11.8. The van der Waals surface area contributed by atoms with E-state index in [1.165, 1.54) is 4.90 Å². The maximum Gasteiger partial charge on any atom is 0.322 e. The van der Waals surface area contributed by atoms with Gasteiger partial charge in [-0.3, -0.25) is 14.9 Å². The molecule has 96 valence electrons. The Balaban J connectivity index is 2.29. The van der Waals surface area contributed by atoms with E-state index in [0.29, 0.717) is 10.7 Å². The maximum absolute atomic E-state index is 11.8. The number of nitrogens with zero attached hydrogens (tertiary/aromatic N) is 1. The zero-order valence-electron chi connectivity index (χ0n) is 9.81. The molecule has 1 aromatic carbocycles.